The van der Waals surface area contributed by atoms with Crippen molar-refractivity contribution in [2.24, 2.45) is 5.10 Å². The van der Waals surface area contributed by atoms with Crippen LogP contribution in [0.4, 0.5) is 5.69 Å². The Morgan fingerprint density at radius 1 is 1.13 bits per heavy atom. The number of halogens is 1. The van der Waals surface area contributed by atoms with E-state index in [1.807, 2.05) is 25.1 Å². The van der Waals surface area contributed by atoms with Gasteiger partial charge in [0.2, 0.25) is 0 Å². The molecule has 0 aliphatic heterocycles. The molecule has 9 heteroatoms. The third-order valence-corrected chi connectivity index (χ3v) is 4.45. The molecule has 0 radical (unpaired) electrons. The average molecular weight is 475 g/mol. The standard InChI is InChI=1S/C21H23BrN4O4/c1-3-14(2)24-20(28)21(29)26-23-12-15-11-16(22)9-10-18(15)30-13-19(27)25-17-7-5-4-6-8-17/h4-12,14H,3,13H2,1-2H3,(H,24,28)(H,25,27)(H,26,29)/b23-12-/t14-/m0/s1. The molecule has 2 rings (SSSR count). The molecule has 1 atom stereocenters. The van der Waals surface area contributed by atoms with Gasteiger partial charge in [-0.15, -0.1) is 0 Å². The molecular formula is C21H23BrN4O4. The van der Waals surface area contributed by atoms with Crippen LogP contribution in [0, 0.1) is 0 Å². The molecule has 3 N–H and O–H groups in total. The van der Waals surface area contributed by atoms with Crippen LogP contribution in [0.3, 0.4) is 0 Å². The Hall–Kier alpha value is -3.20. The first-order valence-electron chi connectivity index (χ1n) is 9.30. The minimum absolute atomic E-state index is 0.112. The highest BCUT2D eigenvalue weighted by Gasteiger charge is 2.14. The number of amides is 3. The molecule has 0 aliphatic carbocycles. The molecule has 0 aliphatic rings. The Morgan fingerprint density at radius 2 is 1.87 bits per heavy atom. The second-order valence-electron chi connectivity index (χ2n) is 6.37. The van der Waals surface area contributed by atoms with Crippen LogP contribution in [0.5, 0.6) is 5.75 Å². The number of hydrazone groups is 1. The summed E-state index contributed by atoms with van der Waals surface area (Å²) in [5.41, 5.74) is 3.35. The van der Waals surface area contributed by atoms with Crippen LogP contribution in [0.25, 0.3) is 0 Å². The molecule has 30 heavy (non-hydrogen) atoms. The van der Waals surface area contributed by atoms with Crippen molar-refractivity contribution in [2.75, 3.05) is 11.9 Å². The zero-order valence-corrected chi connectivity index (χ0v) is 18.2. The van der Waals surface area contributed by atoms with Gasteiger partial charge in [-0.1, -0.05) is 41.1 Å². The van der Waals surface area contributed by atoms with E-state index >= 15 is 0 Å². The van der Waals surface area contributed by atoms with Crippen molar-refractivity contribution in [3.05, 3.63) is 58.6 Å². The third-order valence-electron chi connectivity index (χ3n) is 3.95. The first-order chi connectivity index (χ1) is 14.4. The first-order valence-corrected chi connectivity index (χ1v) is 10.1. The van der Waals surface area contributed by atoms with Crippen molar-refractivity contribution >= 4 is 45.6 Å². The number of carbonyl (C=O) groups excluding carboxylic acids is 3. The zero-order chi connectivity index (χ0) is 21.9. The highest BCUT2D eigenvalue weighted by molar-refractivity contribution is 9.10. The minimum Gasteiger partial charge on any atom is -0.483 e. The van der Waals surface area contributed by atoms with E-state index in [1.54, 1.807) is 37.3 Å². The lowest BCUT2D eigenvalue weighted by atomic mass is 10.2. The summed E-state index contributed by atoms with van der Waals surface area (Å²) in [4.78, 5) is 35.6. The van der Waals surface area contributed by atoms with Crippen LogP contribution in [-0.4, -0.2) is 36.6 Å². The third kappa shape index (κ3) is 7.67. The molecule has 0 saturated carbocycles. The van der Waals surface area contributed by atoms with E-state index in [1.165, 1.54) is 6.21 Å². The van der Waals surface area contributed by atoms with E-state index in [-0.39, 0.29) is 18.6 Å². The Bertz CT molecular complexity index is 918. The number of anilines is 1. The molecule has 0 saturated heterocycles. The van der Waals surface area contributed by atoms with Gasteiger partial charge >= 0.3 is 11.8 Å². The van der Waals surface area contributed by atoms with E-state index in [9.17, 15) is 14.4 Å². The van der Waals surface area contributed by atoms with Crippen LogP contribution in [-0.2, 0) is 14.4 Å². The number of nitrogens with zero attached hydrogens (tertiary/aromatic N) is 1. The highest BCUT2D eigenvalue weighted by atomic mass is 79.9. The maximum absolute atomic E-state index is 12.1. The van der Waals surface area contributed by atoms with E-state index in [4.69, 9.17) is 4.74 Å². The van der Waals surface area contributed by atoms with Gasteiger partial charge in [0.05, 0.1) is 6.21 Å². The Kier molecular flexibility index (Phi) is 9.02. The first kappa shape index (κ1) is 23.1. The summed E-state index contributed by atoms with van der Waals surface area (Å²) in [5, 5.41) is 9.08. The minimum atomic E-state index is -0.869. The van der Waals surface area contributed by atoms with Gasteiger partial charge in [-0.3, -0.25) is 14.4 Å². The fourth-order valence-electron chi connectivity index (χ4n) is 2.22. The summed E-state index contributed by atoms with van der Waals surface area (Å²) in [5.74, 6) is -1.55. The van der Waals surface area contributed by atoms with Crippen molar-refractivity contribution in [1.82, 2.24) is 10.7 Å². The van der Waals surface area contributed by atoms with E-state index in [0.717, 1.165) is 4.47 Å². The van der Waals surface area contributed by atoms with Gasteiger partial charge in [0.25, 0.3) is 5.91 Å². The number of ether oxygens (including phenoxy) is 1. The van der Waals surface area contributed by atoms with Crippen LogP contribution in [0.1, 0.15) is 25.8 Å². The summed E-state index contributed by atoms with van der Waals surface area (Å²) < 4.78 is 6.34. The smallest absolute Gasteiger partial charge is 0.329 e. The monoisotopic (exact) mass is 474 g/mol. The molecular weight excluding hydrogens is 452 g/mol. The lowest BCUT2D eigenvalue weighted by Crippen LogP contribution is -2.41. The maximum Gasteiger partial charge on any atom is 0.329 e. The number of hydrogen-bond donors (Lipinski definition) is 3. The van der Waals surface area contributed by atoms with Gasteiger partial charge in [0.1, 0.15) is 5.75 Å². The number of para-hydroxylation sites is 1. The number of rotatable bonds is 8. The van der Waals surface area contributed by atoms with Crippen molar-refractivity contribution in [3.8, 4) is 5.75 Å². The maximum atomic E-state index is 12.1. The average Bonchev–Trinajstić information content (AvgIpc) is 2.73. The van der Waals surface area contributed by atoms with E-state index in [2.05, 4.69) is 37.1 Å². The lowest BCUT2D eigenvalue weighted by Gasteiger charge is -2.11. The summed E-state index contributed by atoms with van der Waals surface area (Å²) in [6.45, 7) is 3.49. The predicted octanol–water partition coefficient (Wildman–Crippen LogP) is 2.83. The van der Waals surface area contributed by atoms with Gasteiger partial charge in [0.15, 0.2) is 6.61 Å². The van der Waals surface area contributed by atoms with Crippen molar-refractivity contribution in [3.63, 3.8) is 0 Å². The summed E-state index contributed by atoms with van der Waals surface area (Å²) in [6, 6.07) is 14.0. The Morgan fingerprint density at radius 3 is 2.57 bits per heavy atom. The number of benzene rings is 2. The molecule has 158 valence electrons. The highest BCUT2D eigenvalue weighted by Crippen LogP contribution is 2.22. The second-order valence-corrected chi connectivity index (χ2v) is 7.28. The van der Waals surface area contributed by atoms with Gasteiger partial charge in [-0.2, -0.15) is 5.10 Å². The van der Waals surface area contributed by atoms with Crippen molar-refractivity contribution < 1.29 is 19.1 Å². The van der Waals surface area contributed by atoms with Crippen molar-refractivity contribution in [1.29, 1.82) is 0 Å². The molecule has 0 bridgehead atoms. The molecule has 0 fully saturated rings. The molecule has 2 aromatic rings. The molecule has 8 nitrogen and oxygen atoms in total. The fraction of sp³-hybridized carbons (Fsp3) is 0.238. The molecule has 0 aromatic heterocycles. The topological polar surface area (TPSA) is 109 Å². The van der Waals surface area contributed by atoms with Gasteiger partial charge < -0.3 is 15.4 Å². The van der Waals surface area contributed by atoms with E-state index < -0.39 is 11.8 Å². The van der Waals surface area contributed by atoms with Gasteiger partial charge in [0, 0.05) is 21.8 Å². The Balaban J connectivity index is 1.95. The molecule has 0 unspecified atom stereocenters. The fourth-order valence-corrected chi connectivity index (χ4v) is 2.59. The largest absolute Gasteiger partial charge is 0.483 e. The van der Waals surface area contributed by atoms with Crippen LogP contribution in [0.2, 0.25) is 0 Å². The van der Waals surface area contributed by atoms with Gasteiger partial charge in [-0.05, 0) is 43.7 Å². The van der Waals surface area contributed by atoms with E-state index in [0.29, 0.717) is 23.4 Å². The Labute approximate surface area is 183 Å². The quantitative estimate of drug-likeness (QED) is 0.310. The normalized spacial score (nSPS) is 11.6. The number of nitrogens with one attached hydrogen (secondary N) is 3. The molecule has 0 heterocycles. The van der Waals surface area contributed by atoms with Crippen molar-refractivity contribution in [2.45, 2.75) is 26.3 Å². The summed E-state index contributed by atoms with van der Waals surface area (Å²) >= 11 is 3.35. The molecule has 3 amide bonds. The van der Waals surface area contributed by atoms with Gasteiger partial charge in [-0.25, -0.2) is 5.43 Å². The van der Waals surface area contributed by atoms with Crippen LogP contribution < -0.4 is 20.8 Å². The van der Waals surface area contributed by atoms with Crippen LogP contribution >= 0.6 is 15.9 Å². The molecule has 2 aromatic carbocycles. The number of carbonyl (C=O) groups is 3. The summed E-state index contributed by atoms with van der Waals surface area (Å²) in [6.07, 6.45) is 2.04. The zero-order valence-electron chi connectivity index (χ0n) is 16.6. The summed E-state index contributed by atoms with van der Waals surface area (Å²) in [7, 11) is 0. The molecule has 0 spiro atoms. The lowest BCUT2D eigenvalue weighted by molar-refractivity contribution is -0.139. The SMILES string of the molecule is CC[C@H](C)NC(=O)C(=O)N/N=C\c1cc(Br)ccc1OCC(=O)Nc1ccccc1. The predicted molar refractivity (Wildman–Crippen MR) is 118 cm³/mol. The number of hydrogen-bond acceptors (Lipinski definition) is 5. The van der Waals surface area contributed by atoms with Crippen LogP contribution in [0.15, 0.2) is 58.1 Å². The second kappa shape index (κ2) is 11.7.